The number of allylic oxidation sites excluding steroid dienone is 5. The van der Waals surface area contributed by atoms with Crippen LogP contribution in [0.4, 0.5) is 13.2 Å². The summed E-state index contributed by atoms with van der Waals surface area (Å²) in [6.07, 6.45) is 7.00. The molecule has 212 valence electrons. The van der Waals surface area contributed by atoms with E-state index in [1.165, 1.54) is 22.3 Å². The molecule has 0 aliphatic heterocycles. The molecule has 2 aromatic carbocycles. The van der Waals surface area contributed by atoms with Gasteiger partial charge in [-0.2, -0.15) is 0 Å². The zero-order chi connectivity index (χ0) is 28.7. The number of hydrogen-bond donors (Lipinski definition) is 1. The molecule has 6 atom stereocenters. The van der Waals surface area contributed by atoms with Gasteiger partial charge in [0.25, 0.3) is 5.92 Å². The molecule has 6 rings (SSSR count). The van der Waals surface area contributed by atoms with E-state index in [0.29, 0.717) is 19.8 Å². The summed E-state index contributed by atoms with van der Waals surface area (Å²) in [6, 6.07) is 17.0. The van der Waals surface area contributed by atoms with Crippen LogP contribution in [-0.4, -0.2) is 22.3 Å². The van der Waals surface area contributed by atoms with Crippen molar-refractivity contribution in [3.8, 4) is 11.1 Å². The van der Waals surface area contributed by atoms with Gasteiger partial charge in [-0.25, -0.2) is 13.2 Å². The summed E-state index contributed by atoms with van der Waals surface area (Å²) >= 11 is 0. The number of rotatable bonds is 4. The highest BCUT2D eigenvalue weighted by Gasteiger charge is 2.73. The Morgan fingerprint density at radius 2 is 1.52 bits per heavy atom. The van der Waals surface area contributed by atoms with Crippen molar-refractivity contribution in [1.82, 2.24) is 0 Å². The van der Waals surface area contributed by atoms with Crippen LogP contribution in [0, 0.1) is 24.2 Å². The molecule has 0 spiro atoms. The first-order valence-electron chi connectivity index (χ1n) is 14.8. The fourth-order valence-corrected chi connectivity index (χ4v) is 8.84. The zero-order valence-corrected chi connectivity index (χ0v) is 24.2. The standard InChI is InChI=1S/C36H41F3O/c1-22-6-9-24(10-7-22)25-11-13-26(14-12-25)30-21-33(3)31(18-19-36(33,40)34(4,37)35(5,38)39)29-17-15-27-20-23(2)8-16-28(27)32(29)30/h6-7,9-14,20,29-31,40H,2,8,15-19,21H2,1,3-5H3/t29?,30?,31?,33-,34?,36-/m0/s1. The van der Waals surface area contributed by atoms with Gasteiger partial charge in [-0.1, -0.05) is 84.8 Å². The average Bonchev–Trinajstić information content (AvgIpc) is 3.19. The zero-order valence-electron chi connectivity index (χ0n) is 24.2. The predicted octanol–water partition coefficient (Wildman–Crippen LogP) is 9.66. The van der Waals surface area contributed by atoms with Gasteiger partial charge >= 0.3 is 0 Å². The monoisotopic (exact) mass is 546 g/mol. The van der Waals surface area contributed by atoms with Crippen LogP contribution in [0.15, 0.2) is 83.5 Å². The van der Waals surface area contributed by atoms with Gasteiger partial charge in [-0.3, -0.25) is 0 Å². The molecule has 2 saturated carbocycles. The third kappa shape index (κ3) is 3.92. The number of halogens is 3. The summed E-state index contributed by atoms with van der Waals surface area (Å²) in [7, 11) is 0. The lowest BCUT2D eigenvalue weighted by Crippen LogP contribution is -2.66. The van der Waals surface area contributed by atoms with Crippen LogP contribution in [0.5, 0.6) is 0 Å². The highest BCUT2D eigenvalue weighted by atomic mass is 19.3. The second-order valence-electron chi connectivity index (χ2n) is 13.5. The van der Waals surface area contributed by atoms with Crippen molar-refractivity contribution >= 4 is 0 Å². The molecule has 1 nitrogen and oxygen atoms in total. The van der Waals surface area contributed by atoms with Crippen molar-refractivity contribution in [3.05, 3.63) is 94.6 Å². The van der Waals surface area contributed by atoms with Gasteiger partial charge in [0, 0.05) is 18.3 Å². The Labute approximate surface area is 236 Å². The minimum atomic E-state index is -3.66. The predicted molar refractivity (Wildman–Crippen MR) is 156 cm³/mol. The Morgan fingerprint density at radius 3 is 2.15 bits per heavy atom. The van der Waals surface area contributed by atoms with E-state index in [-0.39, 0.29) is 24.2 Å². The molecule has 4 unspecified atom stereocenters. The second-order valence-corrected chi connectivity index (χ2v) is 13.5. The molecule has 0 bridgehead atoms. The maximum Gasteiger partial charge on any atom is 0.281 e. The maximum absolute atomic E-state index is 16.2. The first-order valence-corrected chi connectivity index (χ1v) is 14.8. The van der Waals surface area contributed by atoms with Crippen molar-refractivity contribution in [2.45, 2.75) is 95.8 Å². The van der Waals surface area contributed by atoms with Gasteiger partial charge in [-0.15, -0.1) is 0 Å². The molecule has 4 aliphatic carbocycles. The van der Waals surface area contributed by atoms with Crippen molar-refractivity contribution in [2.24, 2.45) is 17.3 Å². The molecule has 0 saturated heterocycles. The fourth-order valence-electron chi connectivity index (χ4n) is 8.84. The first kappa shape index (κ1) is 27.6. The van der Waals surface area contributed by atoms with E-state index >= 15 is 4.39 Å². The number of alkyl halides is 3. The first-order chi connectivity index (χ1) is 18.8. The lowest BCUT2D eigenvalue weighted by Gasteiger charge is -2.57. The van der Waals surface area contributed by atoms with E-state index in [1.54, 1.807) is 0 Å². The number of fused-ring (bicyclic) bond motifs is 4. The Morgan fingerprint density at radius 1 is 0.900 bits per heavy atom. The molecular weight excluding hydrogens is 505 g/mol. The molecule has 40 heavy (non-hydrogen) atoms. The van der Waals surface area contributed by atoms with E-state index < -0.39 is 22.6 Å². The van der Waals surface area contributed by atoms with Crippen LogP contribution in [0.2, 0.25) is 0 Å². The van der Waals surface area contributed by atoms with Crippen molar-refractivity contribution in [1.29, 1.82) is 0 Å². The molecule has 0 heterocycles. The Kier molecular flexibility index (Phi) is 6.35. The Hall–Kier alpha value is -2.59. The van der Waals surface area contributed by atoms with Crippen molar-refractivity contribution in [2.75, 3.05) is 0 Å². The molecule has 0 aromatic heterocycles. The molecule has 4 heteroatoms. The van der Waals surface area contributed by atoms with Crippen LogP contribution in [0.3, 0.4) is 0 Å². The minimum Gasteiger partial charge on any atom is -0.386 e. The third-order valence-corrected chi connectivity index (χ3v) is 11.3. The van der Waals surface area contributed by atoms with E-state index in [4.69, 9.17) is 0 Å². The molecule has 0 amide bonds. The summed E-state index contributed by atoms with van der Waals surface area (Å²) in [4.78, 5) is 0. The lowest BCUT2D eigenvalue weighted by molar-refractivity contribution is -0.252. The second kappa shape index (κ2) is 9.21. The van der Waals surface area contributed by atoms with E-state index in [1.807, 2.05) is 6.92 Å². The van der Waals surface area contributed by atoms with Crippen LogP contribution in [0.1, 0.15) is 82.8 Å². The SMILES string of the molecule is C=C1C=C2CCC3C(=C2CC1)C(c1ccc(-c2ccc(C)cc2)cc1)C[C@@]1(C)C3CC[C@@]1(O)C(C)(F)C(C)(F)F. The maximum atomic E-state index is 16.2. The van der Waals surface area contributed by atoms with E-state index in [0.717, 1.165) is 54.9 Å². The number of hydrogen-bond acceptors (Lipinski definition) is 1. The van der Waals surface area contributed by atoms with Crippen LogP contribution >= 0.6 is 0 Å². The van der Waals surface area contributed by atoms with Gasteiger partial charge in [0.1, 0.15) is 5.60 Å². The third-order valence-electron chi connectivity index (χ3n) is 11.3. The van der Waals surface area contributed by atoms with Crippen LogP contribution in [-0.2, 0) is 0 Å². The molecule has 2 aromatic rings. The summed E-state index contributed by atoms with van der Waals surface area (Å²) < 4.78 is 45.8. The normalized spacial score (nSPS) is 33.5. The van der Waals surface area contributed by atoms with Crippen LogP contribution < -0.4 is 0 Å². The summed E-state index contributed by atoms with van der Waals surface area (Å²) in [5, 5.41) is 12.1. The van der Waals surface area contributed by atoms with Gasteiger partial charge in [0.05, 0.1) is 0 Å². The average molecular weight is 547 g/mol. The summed E-state index contributed by atoms with van der Waals surface area (Å²) in [5.74, 6) is -3.61. The largest absolute Gasteiger partial charge is 0.386 e. The van der Waals surface area contributed by atoms with E-state index in [2.05, 4.69) is 68.1 Å². The number of aryl methyl sites for hydroxylation is 1. The molecule has 2 fully saturated rings. The van der Waals surface area contributed by atoms with Gasteiger partial charge in [0.15, 0.2) is 5.67 Å². The summed E-state index contributed by atoms with van der Waals surface area (Å²) in [5.41, 5.74) is 3.79. The Bertz CT molecular complexity index is 1390. The molecule has 1 N–H and O–H groups in total. The van der Waals surface area contributed by atoms with Crippen LogP contribution in [0.25, 0.3) is 11.1 Å². The number of benzene rings is 2. The lowest BCUT2D eigenvalue weighted by atomic mass is 9.49. The van der Waals surface area contributed by atoms with Gasteiger partial charge in [-0.05, 0) is 98.5 Å². The number of aliphatic hydroxyl groups is 1. The molecule has 4 aliphatic rings. The highest BCUT2D eigenvalue weighted by molar-refractivity contribution is 5.64. The minimum absolute atomic E-state index is 0.0350. The fraction of sp³-hybridized carbons (Fsp3) is 0.500. The molecule has 0 radical (unpaired) electrons. The van der Waals surface area contributed by atoms with Gasteiger partial charge in [0.2, 0.25) is 0 Å². The Balaban J connectivity index is 1.48. The smallest absolute Gasteiger partial charge is 0.281 e. The topological polar surface area (TPSA) is 20.2 Å². The van der Waals surface area contributed by atoms with Crippen molar-refractivity contribution in [3.63, 3.8) is 0 Å². The summed E-state index contributed by atoms with van der Waals surface area (Å²) in [6.45, 7) is 9.73. The van der Waals surface area contributed by atoms with E-state index in [9.17, 15) is 13.9 Å². The quantitative estimate of drug-likeness (QED) is 0.405. The van der Waals surface area contributed by atoms with Crippen molar-refractivity contribution < 1.29 is 18.3 Å². The molecular formula is C36H41F3O. The van der Waals surface area contributed by atoms with Gasteiger partial charge < -0.3 is 5.11 Å². The highest BCUT2D eigenvalue weighted by Crippen LogP contribution is 2.70.